The Balaban J connectivity index is 1.72. The van der Waals surface area contributed by atoms with Crippen molar-refractivity contribution >= 4 is 27.3 Å². The molecule has 0 bridgehead atoms. The van der Waals surface area contributed by atoms with Crippen LogP contribution >= 0.6 is 27.3 Å². The first-order valence-electron chi connectivity index (χ1n) is 7.82. The van der Waals surface area contributed by atoms with Gasteiger partial charge in [-0.3, -0.25) is 4.98 Å². The summed E-state index contributed by atoms with van der Waals surface area (Å²) in [6, 6.07) is 12.9. The fourth-order valence-corrected chi connectivity index (χ4v) is 4.55. The Labute approximate surface area is 148 Å². The smallest absolute Gasteiger partial charge is 0.104 e. The van der Waals surface area contributed by atoms with Crippen molar-refractivity contribution in [2.75, 3.05) is 0 Å². The predicted octanol–water partition coefficient (Wildman–Crippen LogP) is 5.75. The second kappa shape index (κ2) is 5.84. The van der Waals surface area contributed by atoms with Crippen LogP contribution in [-0.4, -0.2) is 9.97 Å². The van der Waals surface area contributed by atoms with Gasteiger partial charge in [-0.25, -0.2) is 4.98 Å². The molecular formula is C19H17BrN2S. The molecule has 0 unspecified atom stereocenters. The maximum atomic E-state index is 4.97. The Bertz CT molecular complexity index is 817. The van der Waals surface area contributed by atoms with E-state index in [4.69, 9.17) is 4.98 Å². The molecule has 23 heavy (non-hydrogen) atoms. The molecule has 0 N–H and O–H groups in total. The van der Waals surface area contributed by atoms with E-state index in [2.05, 4.69) is 56.6 Å². The summed E-state index contributed by atoms with van der Waals surface area (Å²) in [6.07, 6.45) is 5.57. The number of aromatic nitrogens is 2. The van der Waals surface area contributed by atoms with Gasteiger partial charge in [-0.1, -0.05) is 34.5 Å². The van der Waals surface area contributed by atoms with Gasteiger partial charge in [-0.15, -0.1) is 11.3 Å². The van der Waals surface area contributed by atoms with Crippen molar-refractivity contribution in [1.82, 2.24) is 9.97 Å². The lowest BCUT2D eigenvalue weighted by atomic mass is 9.65. The van der Waals surface area contributed by atoms with Gasteiger partial charge in [0.2, 0.25) is 0 Å². The van der Waals surface area contributed by atoms with Crippen LogP contribution in [0.1, 0.15) is 35.5 Å². The van der Waals surface area contributed by atoms with Crippen LogP contribution < -0.4 is 0 Å². The number of halogens is 1. The molecule has 0 radical (unpaired) electrons. The van der Waals surface area contributed by atoms with E-state index in [9.17, 15) is 0 Å². The zero-order valence-corrected chi connectivity index (χ0v) is 15.3. The molecule has 0 atom stereocenters. The third kappa shape index (κ3) is 2.64. The number of aryl methyl sites for hydroxylation is 1. The molecule has 2 heterocycles. The summed E-state index contributed by atoms with van der Waals surface area (Å²) >= 11 is 5.31. The molecule has 3 aromatic rings. The maximum Gasteiger partial charge on any atom is 0.104 e. The predicted molar refractivity (Wildman–Crippen MR) is 98.9 cm³/mol. The molecule has 0 amide bonds. The van der Waals surface area contributed by atoms with Crippen molar-refractivity contribution in [3.63, 3.8) is 0 Å². The van der Waals surface area contributed by atoms with E-state index in [0.29, 0.717) is 0 Å². The van der Waals surface area contributed by atoms with Crippen LogP contribution in [0.25, 0.3) is 11.3 Å². The minimum Gasteiger partial charge on any atom is -0.261 e. The Hall–Kier alpha value is -1.52. The largest absolute Gasteiger partial charge is 0.261 e. The molecule has 0 saturated heterocycles. The van der Waals surface area contributed by atoms with Gasteiger partial charge in [0, 0.05) is 32.7 Å². The summed E-state index contributed by atoms with van der Waals surface area (Å²) < 4.78 is 1.13. The molecule has 1 saturated carbocycles. The van der Waals surface area contributed by atoms with E-state index in [1.165, 1.54) is 29.8 Å². The molecular weight excluding hydrogens is 368 g/mol. The second-order valence-electron chi connectivity index (χ2n) is 6.17. The third-order valence-corrected chi connectivity index (χ3v) is 6.30. The summed E-state index contributed by atoms with van der Waals surface area (Å²) in [7, 11) is 0. The highest BCUT2D eigenvalue weighted by atomic mass is 79.9. The number of thiazole rings is 1. The van der Waals surface area contributed by atoms with Crippen LogP contribution in [-0.2, 0) is 5.41 Å². The summed E-state index contributed by atoms with van der Waals surface area (Å²) in [6.45, 7) is 2.01. The molecule has 0 aliphatic heterocycles. The van der Waals surface area contributed by atoms with Gasteiger partial charge in [0.25, 0.3) is 0 Å². The average Bonchev–Trinajstić information content (AvgIpc) is 2.99. The van der Waals surface area contributed by atoms with Gasteiger partial charge in [0.05, 0.1) is 5.69 Å². The average molecular weight is 385 g/mol. The lowest BCUT2D eigenvalue weighted by molar-refractivity contribution is 0.300. The standard InChI is InChI=1S/C19H17BrN2S/c1-13-3-4-14(11-21-13)17-12-23-18(22-17)19(9-2-10-19)15-5-7-16(20)8-6-15/h3-8,11-12H,2,9-10H2,1H3. The number of benzene rings is 1. The highest BCUT2D eigenvalue weighted by Crippen LogP contribution is 2.50. The van der Waals surface area contributed by atoms with Gasteiger partial charge in [0.1, 0.15) is 5.01 Å². The topological polar surface area (TPSA) is 25.8 Å². The van der Waals surface area contributed by atoms with Gasteiger partial charge in [-0.05, 0) is 49.6 Å². The van der Waals surface area contributed by atoms with Gasteiger partial charge in [-0.2, -0.15) is 0 Å². The second-order valence-corrected chi connectivity index (χ2v) is 7.94. The number of pyridine rings is 1. The minimum atomic E-state index is 0.113. The van der Waals surface area contributed by atoms with Crippen LogP contribution in [0.15, 0.2) is 52.4 Å². The molecule has 4 rings (SSSR count). The summed E-state index contributed by atoms with van der Waals surface area (Å²) in [4.78, 5) is 9.36. The fraction of sp³-hybridized carbons (Fsp3) is 0.263. The number of hydrogen-bond donors (Lipinski definition) is 0. The molecule has 2 aromatic heterocycles. The van der Waals surface area contributed by atoms with E-state index in [0.717, 1.165) is 21.4 Å². The first-order valence-corrected chi connectivity index (χ1v) is 9.50. The molecule has 1 aliphatic carbocycles. The Kier molecular flexibility index (Phi) is 3.82. The molecule has 4 heteroatoms. The molecule has 116 valence electrons. The SMILES string of the molecule is Cc1ccc(-c2csc(C3(c4ccc(Br)cc4)CCC3)n2)cn1. The first-order chi connectivity index (χ1) is 11.2. The van der Waals surface area contributed by atoms with Crippen LogP contribution in [0, 0.1) is 6.92 Å². The molecule has 1 fully saturated rings. The first kappa shape index (κ1) is 15.0. The zero-order chi connectivity index (χ0) is 15.9. The highest BCUT2D eigenvalue weighted by molar-refractivity contribution is 9.10. The van der Waals surface area contributed by atoms with Crippen molar-refractivity contribution < 1.29 is 0 Å². The van der Waals surface area contributed by atoms with Crippen molar-refractivity contribution in [3.05, 3.63) is 68.7 Å². The van der Waals surface area contributed by atoms with Crippen molar-refractivity contribution in [2.24, 2.45) is 0 Å². The third-order valence-electron chi connectivity index (χ3n) is 4.72. The number of nitrogens with zero attached hydrogens (tertiary/aromatic N) is 2. The molecule has 1 aliphatic rings. The van der Waals surface area contributed by atoms with Crippen LogP contribution in [0.2, 0.25) is 0 Å². The number of hydrogen-bond acceptors (Lipinski definition) is 3. The minimum absolute atomic E-state index is 0.113. The summed E-state index contributed by atoms with van der Waals surface area (Å²) in [5, 5.41) is 3.40. The zero-order valence-electron chi connectivity index (χ0n) is 12.9. The van der Waals surface area contributed by atoms with Crippen LogP contribution in [0.5, 0.6) is 0 Å². The quantitative estimate of drug-likeness (QED) is 0.574. The van der Waals surface area contributed by atoms with Crippen LogP contribution in [0.3, 0.4) is 0 Å². The summed E-state index contributed by atoms with van der Waals surface area (Å²) in [5.74, 6) is 0. The van der Waals surface area contributed by atoms with Crippen molar-refractivity contribution in [1.29, 1.82) is 0 Å². The Morgan fingerprint density at radius 3 is 2.48 bits per heavy atom. The normalized spacial score (nSPS) is 16.1. The van der Waals surface area contributed by atoms with E-state index >= 15 is 0 Å². The highest BCUT2D eigenvalue weighted by Gasteiger charge is 2.42. The van der Waals surface area contributed by atoms with Gasteiger partial charge in [0.15, 0.2) is 0 Å². The molecule has 2 nitrogen and oxygen atoms in total. The Morgan fingerprint density at radius 2 is 1.87 bits per heavy atom. The van der Waals surface area contributed by atoms with E-state index in [1.807, 2.05) is 19.2 Å². The lowest BCUT2D eigenvalue weighted by Crippen LogP contribution is -2.35. The van der Waals surface area contributed by atoms with E-state index in [-0.39, 0.29) is 5.41 Å². The Morgan fingerprint density at radius 1 is 1.09 bits per heavy atom. The summed E-state index contributed by atoms with van der Waals surface area (Å²) in [5.41, 5.74) is 4.68. The van der Waals surface area contributed by atoms with E-state index < -0.39 is 0 Å². The maximum absolute atomic E-state index is 4.97. The van der Waals surface area contributed by atoms with Crippen molar-refractivity contribution in [2.45, 2.75) is 31.6 Å². The van der Waals surface area contributed by atoms with Crippen molar-refractivity contribution in [3.8, 4) is 11.3 Å². The van der Waals surface area contributed by atoms with Crippen LogP contribution in [0.4, 0.5) is 0 Å². The van der Waals surface area contributed by atoms with Gasteiger partial charge < -0.3 is 0 Å². The number of rotatable bonds is 3. The molecule has 0 spiro atoms. The van der Waals surface area contributed by atoms with E-state index in [1.54, 1.807) is 11.3 Å². The van der Waals surface area contributed by atoms with Gasteiger partial charge >= 0.3 is 0 Å². The lowest BCUT2D eigenvalue weighted by Gasteiger charge is -2.40. The molecule has 1 aromatic carbocycles. The monoisotopic (exact) mass is 384 g/mol. The fourth-order valence-electron chi connectivity index (χ4n) is 3.17.